The van der Waals surface area contributed by atoms with Crippen LogP contribution in [0.2, 0.25) is 0 Å². The first-order valence-electron chi connectivity index (χ1n) is 17.6. The molecule has 0 heterocycles. The van der Waals surface area contributed by atoms with Gasteiger partial charge in [-0.1, -0.05) is 6.92 Å². The summed E-state index contributed by atoms with van der Waals surface area (Å²) in [6.45, 7) is 8.45. The fraction of sp³-hybridized carbons (Fsp3) is 0.848. The Kier molecular flexibility index (Phi) is 27.3. The Morgan fingerprint density at radius 1 is 0.577 bits per heavy atom. The third kappa shape index (κ3) is 23.3. The first-order chi connectivity index (χ1) is 24.8. The third-order valence-electron chi connectivity index (χ3n) is 7.03. The average molecular weight is 756 g/mol. The number of esters is 3. The van der Waals surface area contributed by atoms with Crippen molar-refractivity contribution < 1.29 is 77.2 Å². The van der Waals surface area contributed by atoms with E-state index in [0.717, 1.165) is 4.90 Å². The molecule has 0 aliphatic rings. The lowest BCUT2D eigenvalue weighted by Crippen LogP contribution is -2.44. The van der Waals surface area contributed by atoms with E-state index in [4.69, 9.17) is 37.9 Å². The van der Waals surface area contributed by atoms with Gasteiger partial charge in [0, 0.05) is 18.5 Å². The number of carbonyl (C=O) groups excluding carboxylic acids is 5. The summed E-state index contributed by atoms with van der Waals surface area (Å²) >= 11 is 0. The predicted molar refractivity (Wildman–Crippen MR) is 183 cm³/mol. The van der Waals surface area contributed by atoms with E-state index >= 15 is 0 Å². The van der Waals surface area contributed by atoms with Crippen LogP contribution < -0.4 is 5.32 Å². The molecule has 4 N–H and O–H groups in total. The van der Waals surface area contributed by atoms with Crippen molar-refractivity contribution in [1.82, 2.24) is 15.1 Å². The highest BCUT2D eigenvalue weighted by Crippen LogP contribution is 2.24. The van der Waals surface area contributed by atoms with E-state index in [0.29, 0.717) is 6.42 Å². The largest absolute Gasteiger partial charge is 0.465 e. The van der Waals surface area contributed by atoms with Crippen LogP contribution in [0, 0.1) is 5.41 Å². The molecule has 0 rings (SSSR count). The lowest BCUT2D eigenvalue weighted by Gasteiger charge is -2.33. The highest BCUT2D eigenvalue weighted by molar-refractivity contribution is 5.78. The molecule has 0 fully saturated rings. The van der Waals surface area contributed by atoms with Crippen molar-refractivity contribution in [3.8, 4) is 0 Å². The molecule has 4 atom stereocenters. The maximum absolute atomic E-state index is 12.4. The van der Waals surface area contributed by atoms with Gasteiger partial charge >= 0.3 is 30.1 Å². The van der Waals surface area contributed by atoms with Crippen LogP contribution in [0.1, 0.15) is 48.0 Å². The standard InChI is InChI=1S/C33H61N3O16/c1-7-33(22-45-19-25(37)13-34-31(43)51-11-5,24-47-21-27(39)15-36(32(44)52-12-6)18-30(42)50-10-4)23-46-20-26(38)14-35(16-28(40)48-8-2)17-29(41)49-9-3/h25-27,37-39H,7-24H2,1-6H3,(H,34,43). The van der Waals surface area contributed by atoms with E-state index < -0.39 is 60.4 Å². The smallest absolute Gasteiger partial charge is 0.410 e. The molecule has 0 aliphatic carbocycles. The normalized spacial score (nSPS) is 14.0. The van der Waals surface area contributed by atoms with Gasteiger partial charge in [0.15, 0.2) is 0 Å². The van der Waals surface area contributed by atoms with Crippen molar-refractivity contribution >= 4 is 30.1 Å². The number of ether oxygens (including phenoxy) is 8. The number of nitrogens with zero attached hydrogens (tertiary/aromatic N) is 2. The van der Waals surface area contributed by atoms with Gasteiger partial charge in [-0.3, -0.25) is 24.2 Å². The minimum absolute atomic E-state index is 0.0121. The molecule has 0 aromatic heterocycles. The molecule has 19 nitrogen and oxygen atoms in total. The number of alkyl carbamates (subject to hydrolysis) is 1. The molecule has 304 valence electrons. The summed E-state index contributed by atoms with van der Waals surface area (Å²) in [5.74, 6) is -1.82. The Morgan fingerprint density at radius 2 is 1.00 bits per heavy atom. The van der Waals surface area contributed by atoms with Gasteiger partial charge in [-0.15, -0.1) is 0 Å². The van der Waals surface area contributed by atoms with Crippen LogP contribution in [-0.2, 0) is 52.3 Å². The van der Waals surface area contributed by atoms with E-state index in [9.17, 15) is 39.3 Å². The maximum atomic E-state index is 12.4. The van der Waals surface area contributed by atoms with Crippen LogP contribution in [0.3, 0.4) is 0 Å². The summed E-state index contributed by atoms with van der Waals surface area (Å²) in [5, 5.41) is 34.2. The summed E-state index contributed by atoms with van der Waals surface area (Å²) in [6, 6.07) is 0. The molecule has 0 aliphatic heterocycles. The number of hydrogen-bond acceptors (Lipinski definition) is 17. The Balaban J connectivity index is 5.58. The maximum Gasteiger partial charge on any atom is 0.410 e. The summed E-state index contributed by atoms with van der Waals surface area (Å²) in [5.41, 5.74) is -0.880. The summed E-state index contributed by atoms with van der Waals surface area (Å²) in [7, 11) is 0. The van der Waals surface area contributed by atoms with Crippen LogP contribution in [0.4, 0.5) is 9.59 Å². The zero-order chi connectivity index (χ0) is 39.4. The molecular weight excluding hydrogens is 694 g/mol. The van der Waals surface area contributed by atoms with Crippen molar-refractivity contribution in [2.45, 2.75) is 66.3 Å². The van der Waals surface area contributed by atoms with E-state index in [1.165, 1.54) is 4.90 Å². The second-order valence-electron chi connectivity index (χ2n) is 11.6. The summed E-state index contributed by atoms with van der Waals surface area (Å²) in [4.78, 5) is 62.5. The van der Waals surface area contributed by atoms with E-state index in [2.05, 4.69) is 5.32 Å². The molecule has 4 unspecified atom stereocenters. The zero-order valence-corrected chi connectivity index (χ0v) is 31.5. The van der Waals surface area contributed by atoms with Crippen LogP contribution >= 0.6 is 0 Å². The molecule has 0 spiro atoms. The second-order valence-corrected chi connectivity index (χ2v) is 11.6. The molecule has 0 aromatic rings. The average Bonchev–Trinajstić information content (AvgIpc) is 3.07. The number of aliphatic hydroxyl groups is 3. The Bertz CT molecular complexity index is 1000. The Morgan fingerprint density at radius 3 is 1.44 bits per heavy atom. The number of hydrogen-bond donors (Lipinski definition) is 4. The van der Waals surface area contributed by atoms with Crippen LogP contribution in [0.25, 0.3) is 0 Å². The quantitative estimate of drug-likeness (QED) is 0.0544. The third-order valence-corrected chi connectivity index (χ3v) is 7.03. The van der Waals surface area contributed by atoms with Crippen molar-refractivity contribution in [3.63, 3.8) is 0 Å². The number of amides is 2. The van der Waals surface area contributed by atoms with Gasteiger partial charge in [-0.25, -0.2) is 9.59 Å². The van der Waals surface area contributed by atoms with E-state index in [-0.39, 0.29) is 105 Å². The molecule has 0 aromatic carbocycles. The number of rotatable bonds is 30. The van der Waals surface area contributed by atoms with Crippen molar-refractivity contribution in [3.05, 3.63) is 0 Å². The second kappa shape index (κ2) is 29.2. The Hall–Kier alpha value is -3.33. The van der Waals surface area contributed by atoms with Gasteiger partial charge < -0.3 is 58.5 Å². The molecule has 19 heteroatoms. The fourth-order valence-electron chi connectivity index (χ4n) is 4.51. The predicted octanol–water partition coefficient (Wildman–Crippen LogP) is -0.289. The lowest BCUT2D eigenvalue weighted by molar-refractivity contribution is -0.149. The molecule has 0 radical (unpaired) electrons. The first kappa shape index (κ1) is 48.7. The van der Waals surface area contributed by atoms with Gasteiger partial charge in [0.25, 0.3) is 0 Å². The number of aliphatic hydroxyl groups excluding tert-OH is 3. The van der Waals surface area contributed by atoms with Gasteiger partial charge in [-0.2, -0.15) is 0 Å². The van der Waals surface area contributed by atoms with Crippen molar-refractivity contribution in [2.24, 2.45) is 5.41 Å². The van der Waals surface area contributed by atoms with Crippen molar-refractivity contribution in [1.29, 1.82) is 0 Å². The topological polar surface area (TPSA) is 238 Å². The van der Waals surface area contributed by atoms with Gasteiger partial charge in [0.1, 0.15) is 6.54 Å². The van der Waals surface area contributed by atoms with Gasteiger partial charge in [-0.05, 0) is 41.0 Å². The van der Waals surface area contributed by atoms with Gasteiger partial charge in [0.05, 0.1) is 111 Å². The van der Waals surface area contributed by atoms with Crippen molar-refractivity contribution in [2.75, 3.05) is 112 Å². The highest BCUT2D eigenvalue weighted by Gasteiger charge is 2.32. The van der Waals surface area contributed by atoms with E-state index in [1.54, 1.807) is 34.6 Å². The Labute approximate surface area is 306 Å². The molecule has 0 bridgehead atoms. The molecule has 2 amide bonds. The highest BCUT2D eigenvalue weighted by atomic mass is 16.6. The SMILES string of the molecule is CCOC(=O)CN(CC(=O)OCC)CC(O)COCC(CC)(COCC(O)CNC(=O)OCC)COCC(O)CN(CC(=O)OCC)C(=O)OCC. The minimum Gasteiger partial charge on any atom is -0.465 e. The zero-order valence-electron chi connectivity index (χ0n) is 31.5. The fourth-order valence-corrected chi connectivity index (χ4v) is 4.51. The molecule has 52 heavy (non-hydrogen) atoms. The molecule has 0 saturated heterocycles. The van der Waals surface area contributed by atoms with Crippen LogP contribution in [-0.4, -0.2) is 185 Å². The summed E-state index contributed by atoms with van der Waals surface area (Å²) in [6.07, 6.45) is -4.51. The van der Waals surface area contributed by atoms with Crippen LogP contribution in [0.15, 0.2) is 0 Å². The number of nitrogens with one attached hydrogen (secondary N) is 1. The monoisotopic (exact) mass is 755 g/mol. The van der Waals surface area contributed by atoms with Crippen LogP contribution in [0.5, 0.6) is 0 Å². The minimum atomic E-state index is -1.22. The molecule has 0 saturated carbocycles. The lowest BCUT2D eigenvalue weighted by atomic mass is 9.88. The number of carbonyl (C=O) groups is 5. The summed E-state index contributed by atoms with van der Waals surface area (Å²) < 4.78 is 42.1. The van der Waals surface area contributed by atoms with Gasteiger partial charge in [0.2, 0.25) is 0 Å². The first-order valence-corrected chi connectivity index (χ1v) is 17.6. The molecular formula is C33H61N3O16. The van der Waals surface area contributed by atoms with E-state index in [1.807, 2.05) is 6.92 Å².